The summed E-state index contributed by atoms with van der Waals surface area (Å²) in [7, 11) is -3.87. The van der Waals surface area contributed by atoms with Gasteiger partial charge in [0.2, 0.25) is 21.8 Å². The van der Waals surface area contributed by atoms with E-state index in [1.807, 2.05) is 52.0 Å². The Kier molecular flexibility index (Phi) is 10.4. The molecule has 0 heterocycles. The molecule has 0 saturated carbocycles. The molecule has 2 amide bonds. The highest BCUT2D eigenvalue weighted by molar-refractivity contribution is 7.92. The number of hydrogen-bond acceptors (Lipinski definition) is 4. The number of halogens is 2. The van der Waals surface area contributed by atoms with Crippen LogP contribution < -0.4 is 9.62 Å². The van der Waals surface area contributed by atoms with Gasteiger partial charge in [0.05, 0.1) is 11.9 Å². The third kappa shape index (κ3) is 8.40. The Bertz CT molecular complexity index is 1140. The fourth-order valence-electron chi connectivity index (χ4n) is 3.66. The van der Waals surface area contributed by atoms with E-state index >= 15 is 0 Å². The van der Waals surface area contributed by atoms with Crippen molar-refractivity contribution >= 4 is 50.7 Å². The van der Waals surface area contributed by atoms with Crippen LogP contribution >= 0.6 is 23.2 Å². The summed E-state index contributed by atoms with van der Waals surface area (Å²) in [6.45, 7) is 7.27. The molecule has 1 N–H and O–H groups in total. The second kappa shape index (κ2) is 12.6. The lowest BCUT2D eigenvalue weighted by Crippen LogP contribution is -2.53. The average Bonchev–Trinajstić information content (AvgIpc) is 2.75. The minimum Gasteiger partial charge on any atom is -0.352 e. The van der Waals surface area contributed by atoms with Crippen molar-refractivity contribution in [2.45, 2.75) is 59.2 Å². The van der Waals surface area contributed by atoms with Gasteiger partial charge >= 0.3 is 0 Å². The van der Waals surface area contributed by atoms with E-state index in [4.69, 9.17) is 23.2 Å². The number of anilines is 1. The number of rotatable bonds is 11. The molecule has 2 aromatic rings. The van der Waals surface area contributed by atoms with Gasteiger partial charge in [0.15, 0.2) is 0 Å². The lowest BCUT2D eigenvalue weighted by atomic mass is 10.1. The quantitative estimate of drug-likeness (QED) is 0.443. The molecule has 0 fully saturated rings. The fourth-order valence-corrected chi connectivity index (χ4v) is 5.01. The highest BCUT2D eigenvalue weighted by Gasteiger charge is 2.32. The summed E-state index contributed by atoms with van der Waals surface area (Å²) in [4.78, 5) is 28.2. The van der Waals surface area contributed by atoms with Crippen molar-refractivity contribution in [2.24, 2.45) is 0 Å². The zero-order valence-corrected chi connectivity index (χ0v) is 23.0. The number of sulfonamides is 1. The van der Waals surface area contributed by atoms with Gasteiger partial charge in [0, 0.05) is 22.6 Å². The standard InChI is InChI=1S/C25H33Cl2N3O4S/c1-6-18(4)28-25(32)23(7-2)29(15-19-10-8-9-17(3)11-19)24(31)16-30(35(5,33)34)22-13-20(26)12-21(27)14-22/h8-14,18,23H,6-7,15-16H2,1-5H3,(H,28,32). The lowest BCUT2D eigenvalue weighted by molar-refractivity contribution is -0.140. The first-order valence-electron chi connectivity index (χ1n) is 11.4. The second-order valence-corrected chi connectivity index (χ2v) is 11.4. The molecule has 10 heteroatoms. The molecule has 2 atom stereocenters. The molecule has 2 unspecified atom stereocenters. The summed E-state index contributed by atoms with van der Waals surface area (Å²) in [6.07, 6.45) is 2.11. The Labute approximate surface area is 218 Å². The van der Waals surface area contributed by atoms with Gasteiger partial charge in [0.1, 0.15) is 12.6 Å². The van der Waals surface area contributed by atoms with E-state index < -0.39 is 28.5 Å². The van der Waals surface area contributed by atoms with E-state index in [0.29, 0.717) is 6.42 Å². The molecule has 0 bridgehead atoms. The van der Waals surface area contributed by atoms with Crippen LogP contribution in [0.4, 0.5) is 5.69 Å². The molecule has 7 nitrogen and oxygen atoms in total. The van der Waals surface area contributed by atoms with Crippen molar-refractivity contribution in [3.05, 3.63) is 63.6 Å². The Morgan fingerprint density at radius 3 is 2.17 bits per heavy atom. The summed E-state index contributed by atoms with van der Waals surface area (Å²) in [5.74, 6) is -0.793. The first-order chi connectivity index (χ1) is 16.3. The first-order valence-corrected chi connectivity index (χ1v) is 14.0. The molecule has 0 aliphatic carbocycles. The van der Waals surface area contributed by atoms with Crippen LogP contribution in [0.3, 0.4) is 0 Å². The van der Waals surface area contributed by atoms with Gasteiger partial charge in [-0.15, -0.1) is 0 Å². The van der Waals surface area contributed by atoms with Gasteiger partial charge in [-0.2, -0.15) is 0 Å². The number of nitrogens with zero attached hydrogens (tertiary/aromatic N) is 2. The van der Waals surface area contributed by atoms with Crippen LogP contribution in [-0.4, -0.2) is 50.0 Å². The van der Waals surface area contributed by atoms with E-state index in [1.54, 1.807) is 0 Å². The van der Waals surface area contributed by atoms with Crippen LogP contribution in [0.2, 0.25) is 10.0 Å². The highest BCUT2D eigenvalue weighted by atomic mass is 35.5. The van der Waals surface area contributed by atoms with Crippen LogP contribution in [0.5, 0.6) is 0 Å². The summed E-state index contributed by atoms with van der Waals surface area (Å²) < 4.78 is 26.3. The Balaban J connectivity index is 2.47. The number of aryl methyl sites for hydroxylation is 1. The van der Waals surface area contributed by atoms with Crippen LogP contribution in [0.25, 0.3) is 0 Å². The molecule has 2 rings (SSSR count). The molecule has 0 radical (unpaired) electrons. The second-order valence-electron chi connectivity index (χ2n) is 8.65. The minimum absolute atomic E-state index is 0.0615. The molecule has 2 aromatic carbocycles. The van der Waals surface area contributed by atoms with Gasteiger partial charge in [-0.25, -0.2) is 8.42 Å². The lowest BCUT2D eigenvalue weighted by Gasteiger charge is -2.33. The van der Waals surface area contributed by atoms with Gasteiger partial charge < -0.3 is 10.2 Å². The van der Waals surface area contributed by atoms with Crippen molar-refractivity contribution in [1.82, 2.24) is 10.2 Å². The van der Waals surface area contributed by atoms with Crippen molar-refractivity contribution in [3.8, 4) is 0 Å². The van der Waals surface area contributed by atoms with Crippen molar-refractivity contribution in [1.29, 1.82) is 0 Å². The van der Waals surface area contributed by atoms with E-state index in [9.17, 15) is 18.0 Å². The maximum Gasteiger partial charge on any atom is 0.244 e. The number of amides is 2. The van der Waals surface area contributed by atoms with Crippen LogP contribution in [0.15, 0.2) is 42.5 Å². The molecule has 0 aliphatic heterocycles. The average molecular weight is 543 g/mol. The highest BCUT2D eigenvalue weighted by Crippen LogP contribution is 2.27. The Morgan fingerprint density at radius 2 is 1.66 bits per heavy atom. The number of carbonyl (C=O) groups is 2. The van der Waals surface area contributed by atoms with E-state index in [0.717, 1.165) is 28.1 Å². The van der Waals surface area contributed by atoms with Gasteiger partial charge in [-0.1, -0.05) is 66.9 Å². The normalized spacial score (nSPS) is 13.1. The van der Waals surface area contributed by atoms with Crippen molar-refractivity contribution in [2.75, 3.05) is 17.1 Å². The number of nitrogens with one attached hydrogen (secondary N) is 1. The minimum atomic E-state index is -3.87. The molecular formula is C25H33Cl2N3O4S. The van der Waals surface area contributed by atoms with Crippen LogP contribution in [0.1, 0.15) is 44.7 Å². The van der Waals surface area contributed by atoms with E-state index in [-0.39, 0.29) is 34.2 Å². The maximum atomic E-state index is 13.7. The molecule has 0 spiro atoms. The van der Waals surface area contributed by atoms with Gasteiger partial charge in [0.25, 0.3) is 0 Å². The smallest absolute Gasteiger partial charge is 0.244 e. The number of hydrogen-bond donors (Lipinski definition) is 1. The van der Waals surface area contributed by atoms with Crippen LogP contribution in [0, 0.1) is 6.92 Å². The van der Waals surface area contributed by atoms with E-state index in [1.165, 1.54) is 23.1 Å². The summed E-state index contributed by atoms with van der Waals surface area (Å²) in [5.41, 5.74) is 2.02. The zero-order chi connectivity index (χ0) is 26.3. The monoisotopic (exact) mass is 541 g/mol. The SMILES string of the molecule is CCC(C)NC(=O)C(CC)N(Cc1cccc(C)c1)C(=O)CN(c1cc(Cl)cc(Cl)c1)S(C)(=O)=O. The Morgan fingerprint density at radius 1 is 1.03 bits per heavy atom. The third-order valence-corrected chi connectivity index (χ3v) is 7.21. The van der Waals surface area contributed by atoms with Crippen molar-refractivity contribution in [3.63, 3.8) is 0 Å². The van der Waals surface area contributed by atoms with Gasteiger partial charge in [-0.3, -0.25) is 13.9 Å². The Hall–Kier alpha value is -2.29. The summed E-state index contributed by atoms with van der Waals surface area (Å²) in [6, 6.07) is 11.1. The zero-order valence-electron chi connectivity index (χ0n) is 20.7. The number of benzene rings is 2. The van der Waals surface area contributed by atoms with Crippen LogP contribution in [-0.2, 0) is 26.2 Å². The molecular weight excluding hydrogens is 509 g/mol. The summed E-state index contributed by atoms with van der Waals surface area (Å²) in [5, 5.41) is 3.42. The molecule has 0 saturated heterocycles. The predicted octanol–water partition coefficient (Wildman–Crippen LogP) is 4.79. The fraction of sp³-hybridized carbons (Fsp3) is 0.440. The van der Waals surface area contributed by atoms with Gasteiger partial charge in [-0.05, 0) is 50.5 Å². The van der Waals surface area contributed by atoms with Crippen molar-refractivity contribution < 1.29 is 18.0 Å². The first kappa shape index (κ1) is 28.9. The predicted molar refractivity (Wildman–Crippen MR) is 142 cm³/mol. The van der Waals surface area contributed by atoms with E-state index in [2.05, 4.69) is 5.32 Å². The third-order valence-electron chi connectivity index (χ3n) is 5.64. The molecule has 0 aromatic heterocycles. The molecule has 192 valence electrons. The summed E-state index contributed by atoms with van der Waals surface area (Å²) >= 11 is 12.2. The molecule has 35 heavy (non-hydrogen) atoms. The number of carbonyl (C=O) groups excluding carboxylic acids is 2. The topological polar surface area (TPSA) is 86.8 Å². The maximum absolute atomic E-state index is 13.7. The molecule has 0 aliphatic rings. The largest absolute Gasteiger partial charge is 0.352 e.